The third kappa shape index (κ3) is 13.2. The zero-order chi connectivity index (χ0) is 16.6. The van der Waals surface area contributed by atoms with Gasteiger partial charge >= 0.3 is 11.9 Å². The maximum absolute atomic E-state index is 11.0. The third-order valence-corrected chi connectivity index (χ3v) is 2.80. The molecule has 0 unspecified atom stereocenters. The van der Waals surface area contributed by atoms with Crippen molar-refractivity contribution in [2.24, 2.45) is 0 Å². The number of unbranched alkanes of at least 4 members (excludes halogenated alkanes) is 3. The molecule has 1 aromatic rings. The molecular formula is C18H28O4. The van der Waals surface area contributed by atoms with Gasteiger partial charge in [0.25, 0.3) is 0 Å². The monoisotopic (exact) mass is 308 g/mol. The van der Waals surface area contributed by atoms with E-state index in [4.69, 9.17) is 9.47 Å². The average molecular weight is 308 g/mol. The van der Waals surface area contributed by atoms with Gasteiger partial charge in [-0.2, -0.15) is 0 Å². The second-order valence-electron chi connectivity index (χ2n) is 4.87. The molecule has 0 aromatic heterocycles. The first-order valence-corrected chi connectivity index (χ1v) is 7.93. The summed E-state index contributed by atoms with van der Waals surface area (Å²) in [6, 6.07) is 9.58. The molecule has 0 amide bonds. The summed E-state index contributed by atoms with van der Waals surface area (Å²) in [7, 11) is 0. The van der Waals surface area contributed by atoms with Crippen LogP contribution < -0.4 is 0 Å². The van der Waals surface area contributed by atoms with Crippen molar-refractivity contribution < 1.29 is 19.1 Å². The van der Waals surface area contributed by atoms with Gasteiger partial charge in [-0.3, -0.25) is 9.59 Å². The fourth-order valence-corrected chi connectivity index (χ4v) is 1.72. The Morgan fingerprint density at radius 2 is 1.64 bits per heavy atom. The summed E-state index contributed by atoms with van der Waals surface area (Å²) in [5.74, 6) is -0.333. The summed E-state index contributed by atoms with van der Waals surface area (Å²) in [6.45, 7) is 6.45. The Balaban J connectivity index is 0.000000409. The zero-order valence-corrected chi connectivity index (χ0v) is 14.0. The Kier molecular flexibility index (Phi) is 12.9. The van der Waals surface area contributed by atoms with Crippen LogP contribution in [0.25, 0.3) is 0 Å². The Morgan fingerprint density at radius 1 is 0.955 bits per heavy atom. The highest BCUT2D eigenvalue weighted by Crippen LogP contribution is 2.00. The number of hydrogen-bond donors (Lipinski definition) is 0. The topological polar surface area (TPSA) is 52.6 Å². The van der Waals surface area contributed by atoms with Gasteiger partial charge in [0.2, 0.25) is 0 Å². The maximum Gasteiger partial charge on any atom is 0.310 e. The van der Waals surface area contributed by atoms with Crippen molar-refractivity contribution in [2.45, 2.75) is 52.9 Å². The van der Waals surface area contributed by atoms with Crippen molar-refractivity contribution in [2.75, 3.05) is 13.2 Å². The molecule has 124 valence electrons. The van der Waals surface area contributed by atoms with Gasteiger partial charge in [0.15, 0.2) is 0 Å². The van der Waals surface area contributed by atoms with Crippen LogP contribution in [0.3, 0.4) is 0 Å². The molecule has 0 N–H and O–H groups in total. The molecule has 0 aliphatic heterocycles. The van der Waals surface area contributed by atoms with Gasteiger partial charge in [-0.1, -0.05) is 56.5 Å². The summed E-state index contributed by atoms with van der Waals surface area (Å²) in [5.41, 5.74) is 0.996. The number of ether oxygens (including phenoxy) is 2. The molecule has 1 rings (SSSR count). The maximum atomic E-state index is 11.0. The minimum Gasteiger partial charge on any atom is -0.466 e. The normalized spacial score (nSPS) is 9.41. The van der Waals surface area contributed by atoms with E-state index in [0.717, 1.165) is 12.0 Å². The van der Waals surface area contributed by atoms with E-state index in [9.17, 15) is 9.59 Å². The Hall–Kier alpha value is -1.84. The lowest BCUT2D eigenvalue weighted by molar-refractivity contribution is -0.142. The van der Waals surface area contributed by atoms with E-state index < -0.39 is 0 Å². The van der Waals surface area contributed by atoms with Crippen LogP contribution in [0, 0.1) is 0 Å². The quantitative estimate of drug-likeness (QED) is 0.539. The fourth-order valence-electron chi connectivity index (χ4n) is 1.72. The predicted octanol–water partition coefficient (Wildman–Crippen LogP) is 3.92. The van der Waals surface area contributed by atoms with Gasteiger partial charge in [0.1, 0.15) is 0 Å². The molecule has 0 radical (unpaired) electrons. The lowest BCUT2D eigenvalue weighted by Crippen LogP contribution is -2.06. The molecular weight excluding hydrogens is 280 g/mol. The van der Waals surface area contributed by atoms with E-state index in [1.165, 1.54) is 26.2 Å². The van der Waals surface area contributed by atoms with Crippen LogP contribution in [0.2, 0.25) is 0 Å². The van der Waals surface area contributed by atoms with Gasteiger partial charge in [0, 0.05) is 6.92 Å². The first-order chi connectivity index (χ1) is 10.6. The van der Waals surface area contributed by atoms with Crippen molar-refractivity contribution in [1.29, 1.82) is 0 Å². The predicted molar refractivity (Wildman–Crippen MR) is 87.6 cm³/mol. The molecule has 0 saturated heterocycles. The highest BCUT2D eigenvalue weighted by Gasteiger charge is 2.01. The number of esters is 2. The van der Waals surface area contributed by atoms with Crippen LogP contribution in [0.5, 0.6) is 0 Å². The van der Waals surface area contributed by atoms with E-state index in [2.05, 4.69) is 6.92 Å². The Labute approximate surface area is 133 Å². The SMILES string of the molecule is CCCCCCOC(C)=O.CCOC(=O)Cc1ccccc1. The van der Waals surface area contributed by atoms with Crippen LogP contribution in [0.15, 0.2) is 30.3 Å². The second kappa shape index (κ2) is 14.1. The van der Waals surface area contributed by atoms with E-state index in [0.29, 0.717) is 19.6 Å². The second-order valence-corrected chi connectivity index (χ2v) is 4.87. The number of carbonyl (C=O) groups is 2. The van der Waals surface area contributed by atoms with Crippen molar-refractivity contribution in [1.82, 2.24) is 0 Å². The number of rotatable bonds is 8. The van der Waals surface area contributed by atoms with Gasteiger partial charge < -0.3 is 9.47 Å². The standard InChI is InChI=1S/C10H12O2.C8H16O2/c1-2-12-10(11)8-9-6-4-3-5-7-9;1-3-4-5-6-7-10-8(2)9/h3-7H,2,8H2,1H3;3-7H2,1-2H3. The minimum absolute atomic E-state index is 0.163. The van der Waals surface area contributed by atoms with Crippen molar-refractivity contribution in [3.05, 3.63) is 35.9 Å². The van der Waals surface area contributed by atoms with Crippen LogP contribution in [-0.4, -0.2) is 25.2 Å². The number of benzene rings is 1. The van der Waals surface area contributed by atoms with Crippen molar-refractivity contribution in [3.63, 3.8) is 0 Å². The van der Waals surface area contributed by atoms with Crippen molar-refractivity contribution in [3.8, 4) is 0 Å². The molecule has 0 atom stereocenters. The molecule has 0 spiro atoms. The van der Waals surface area contributed by atoms with Gasteiger partial charge in [-0.05, 0) is 18.9 Å². The van der Waals surface area contributed by atoms with Gasteiger partial charge in [0.05, 0.1) is 19.6 Å². The Morgan fingerprint density at radius 3 is 2.18 bits per heavy atom. The molecule has 0 aliphatic carbocycles. The summed E-state index contributed by atoms with van der Waals surface area (Å²) in [5, 5.41) is 0. The average Bonchev–Trinajstić information content (AvgIpc) is 2.49. The summed E-state index contributed by atoms with van der Waals surface area (Å²) < 4.78 is 9.56. The van der Waals surface area contributed by atoms with E-state index in [-0.39, 0.29) is 11.9 Å². The fraction of sp³-hybridized carbons (Fsp3) is 0.556. The van der Waals surface area contributed by atoms with E-state index in [1.807, 2.05) is 37.3 Å². The van der Waals surface area contributed by atoms with E-state index >= 15 is 0 Å². The number of hydrogen-bond acceptors (Lipinski definition) is 4. The third-order valence-electron chi connectivity index (χ3n) is 2.80. The largest absolute Gasteiger partial charge is 0.466 e. The van der Waals surface area contributed by atoms with Crippen LogP contribution in [0.1, 0.15) is 52.0 Å². The molecule has 0 fully saturated rings. The van der Waals surface area contributed by atoms with Gasteiger partial charge in [-0.15, -0.1) is 0 Å². The molecule has 1 aromatic carbocycles. The van der Waals surface area contributed by atoms with Crippen LogP contribution in [0.4, 0.5) is 0 Å². The van der Waals surface area contributed by atoms with E-state index in [1.54, 1.807) is 0 Å². The zero-order valence-electron chi connectivity index (χ0n) is 14.0. The molecule has 0 saturated carbocycles. The molecule has 0 aliphatic rings. The molecule has 0 heterocycles. The molecule has 4 heteroatoms. The lowest BCUT2D eigenvalue weighted by Gasteiger charge is -2.00. The molecule has 4 nitrogen and oxygen atoms in total. The smallest absolute Gasteiger partial charge is 0.310 e. The summed E-state index contributed by atoms with van der Waals surface area (Å²) >= 11 is 0. The Bertz CT molecular complexity index is 401. The summed E-state index contributed by atoms with van der Waals surface area (Å²) in [4.78, 5) is 21.2. The molecule has 0 bridgehead atoms. The summed E-state index contributed by atoms with van der Waals surface area (Å²) in [6.07, 6.45) is 5.01. The molecule has 22 heavy (non-hydrogen) atoms. The van der Waals surface area contributed by atoms with Crippen molar-refractivity contribution >= 4 is 11.9 Å². The van der Waals surface area contributed by atoms with Crippen LogP contribution in [-0.2, 0) is 25.5 Å². The van der Waals surface area contributed by atoms with Gasteiger partial charge in [-0.25, -0.2) is 0 Å². The minimum atomic E-state index is -0.170. The highest BCUT2D eigenvalue weighted by molar-refractivity contribution is 5.72. The first-order valence-electron chi connectivity index (χ1n) is 7.93. The first kappa shape index (κ1) is 20.2. The highest BCUT2D eigenvalue weighted by atomic mass is 16.5. The van der Waals surface area contributed by atoms with Crippen LogP contribution >= 0.6 is 0 Å². The number of carbonyl (C=O) groups excluding carboxylic acids is 2. The lowest BCUT2D eigenvalue weighted by atomic mass is 10.2.